The molecule has 1 heterocycles. The van der Waals surface area contributed by atoms with Crippen molar-refractivity contribution >= 4 is 29.0 Å². The summed E-state index contributed by atoms with van der Waals surface area (Å²) in [7, 11) is 0. The van der Waals surface area contributed by atoms with E-state index in [1.54, 1.807) is 48.5 Å². The molecule has 0 spiro atoms. The SMILES string of the molecule is CC1=NN(c2ccc(C(=O)OCC(=O)N(CC#N)c3ccccc3)cc2)CC1. The maximum atomic E-state index is 12.4. The minimum absolute atomic E-state index is 0.120. The average Bonchev–Trinajstić information content (AvgIpc) is 3.17. The quantitative estimate of drug-likeness (QED) is 0.571. The summed E-state index contributed by atoms with van der Waals surface area (Å²) in [5.41, 5.74) is 2.90. The summed E-state index contributed by atoms with van der Waals surface area (Å²) in [6.07, 6.45) is 0.923. The average molecular weight is 376 g/mol. The number of hydrogen-bond acceptors (Lipinski definition) is 6. The fraction of sp³-hybridized carbons (Fsp3) is 0.238. The molecule has 1 amide bonds. The molecule has 0 fully saturated rings. The van der Waals surface area contributed by atoms with Crippen LogP contribution in [-0.2, 0) is 9.53 Å². The first-order valence-corrected chi connectivity index (χ1v) is 8.89. The van der Waals surface area contributed by atoms with Gasteiger partial charge in [0.15, 0.2) is 6.61 Å². The van der Waals surface area contributed by atoms with Gasteiger partial charge in [0.2, 0.25) is 0 Å². The lowest BCUT2D eigenvalue weighted by Gasteiger charge is -2.19. The van der Waals surface area contributed by atoms with E-state index < -0.39 is 18.5 Å². The van der Waals surface area contributed by atoms with Crippen LogP contribution in [-0.4, -0.2) is 37.3 Å². The fourth-order valence-corrected chi connectivity index (χ4v) is 2.82. The Morgan fingerprint density at radius 3 is 2.50 bits per heavy atom. The summed E-state index contributed by atoms with van der Waals surface area (Å²) < 4.78 is 5.14. The minimum atomic E-state index is -0.592. The van der Waals surface area contributed by atoms with Gasteiger partial charge in [-0.2, -0.15) is 10.4 Å². The number of nitrogens with zero attached hydrogens (tertiary/aromatic N) is 4. The zero-order valence-electron chi connectivity index (χ0n) is 15.5. The van der Waals surface area contributed by atoms with Crippen LogP contribution in [0.5, 0.6) is 0 Å². The predicted octanol–water partition coefficient (Wildman–Crippen LogP) is 2.99. The Balaban J connectivity index is 1.60. The first-order valence-electron chi connectivity index (χ1n) is 8.89. The van der Waals surface area contributed by atoms with Crippen LogP contribution in [0, 0.1) is 11.3 Å². The van der Waals surface area contributed by atoms with Gasteiger partial charge in [0.25, 0.3) is 5.91 Å². The Hall–Kier alpha value is -3.66. The summed E-state index contributed by atoms with van der Waals surface area (Å²) in [6.45, 7) is 2.24. The molecule has 3 rings (SSSR count). The summed E-state index contributed by atoms with van der Waals surface area (Å²) in [5.74, 6) is -1.05. The third-order valence-electron chi connectivity index (χ3n) is 4.30. The number of nitriles is 1. The number of rotatable bonds is 6. The highest BCUT2D eigenvalue weighted by atomic mass is 16.5. The van der Waals surface area contributed by atoms with E-state index in [1.165, 1.54) is 4.90 Å². The van der Waals surface area contributed by atoms with Crippen molar-refractivity contribution in [3.8, 4) is 6.07 Å². The highest BCUT2D eigenvalue weighted by molar-refractivity contribution is 5.97. The maximum absolute atomic E-state index is 12.4. The third-order valence-corrected chi connectivity index (χ3v) is 4.30. The summed E-state index contributed by atoms with van der Waals surface area (Å²) in [5, 5.41) is 15.3. The fourth-order valence-electron chi connectivity index (χ4n) is 2.82. The van der Waals surface area contributed by atoms with Crippen molar-refractivity contribution in [2.24, 2.45) is 5.10 Å². The molecule has 7 heteroatoms. The molecule has 0 unspecified atom stereocenters. The van der Waals surface area contributed by atoms with Crippen LogP contribution < -0.4 is 9.91 Å². The molecule has 0 radical (unpaired) electrons. The molecule has 0 bridgehead atoms. The number of anilines is 2. The van der Waals surface area contributed by atoms with Crippen LogP contribution in [0.3, 0.4) is 0 Å². The number of esters is 1. The van der Waals surface area contributed by atoms with Crippen LogP contribution in [0.4, 0.5) is 11.4 Å². The Kier molecular flexibility index (Phi) is 6.02. The van der Waals surface area contributed by atoms with E-state index in [0.717, 1.165) is 24.4 Å². The largest absolute Gasteiger partial charge is 0.452 e. The Labute approximate surface area is 163 Å². The van der Waals surface area contributed by atoms with Gasteiger partial charge < -0.3 is 4.74 Å². The molecule has 0 atom stereocenters. The van der Waals surface area contributed by atoms with Crippen molar-refractivity contribution in [3.05, 3.63) is 60.2 Å². The number of hydrazone groups is 1. The molecule has 7 nitrogen and oxygen atoms in total. The molecule has 0 aromatic heterocycles. The summed E-state index contributed by atoms with van der Waals surface area (Å²) in [6, 6.07) is 17.6. The van der Waals surface area contributed by atoms with Crippen molar-refractivity contribution in [1.82, 2.24) is 0 Å². The normalized spacial score (nSPS) is 12.9. The molecule has 142 valence electrons. The molecular weight excluding hydrogens is 356 g/mol. The van der Waals surface area contributed by atoms with Gasteiger partial charge in [0.1, 0.15) is 6.54 Å². The van der Waals surface area contributed by atoms with E-state index in [0.29, 0.717) is 11.3 Å². The number of carbonyl (C=O) groups is 2. The minimum Gasteiger partial charge on any atom is -0.452 e. The number of ether oxygens (including phenoxy) is 1. The van der Waals surface area contributed by atoms with Crippen LogP contribution in [0.1, 0.15) is 23.7 Å². The van der Waals surface area contributed by atoms with Crippen molar-refractivity contribution in [1.29, 1.82) is 5.26 Å². The highest BCUT2D eigenvalue weighted by Gasteiger charge is 2.18. The van der Waals surface area contributed by atoms with E-state index in [-0.39, 0.29) is 6.54 Å². The zero-order valence-corrected chi connectivity index (χ0v) is 15.5. The molecule has 0 saturated heterocycles. The van der Waals surface area contributed by atoms with Crippen LogP contribution in [0.15, 0.2) is 59.7 Å². The van der Waals surface area contributed by atoms with Gasteiger partial charge >= 0.3 is 5.97 Å². The Morgan fingerprint density at radius 2 is 1.89 bits per heavy atom. The zero-order chi connectivity index (χ0) is 19.9. The van der Waals surface area contributed by atoms with Crippen LogP contribution in [0.25, 0.3) is 0 Å². The van der Waals surface area contributed by atoms with Crippen LogP contribution in [0.2, 0.25) is 0 Å². The van der Waals surface area contributed by atoms with E-state index in [4.69, 9.17) is 10.00 Å². The van der Waals surface area contributed by atoms with Crippen molar-refractivity contribution < 1.29 is 14.3 Å². The van der Waals surface area contributed by atoms with Crippen LogP contribution >= 0.6 is 0 Å². The van der Waals surface area contributed by atoms with Gasteiger partial charge in [-0.05, 0) is 43.3 Å². The molecule has 0 N–H and O–H groups in total. The van der Waals surface area contributed by atoms with Gasteiger partial charge in [-0.15, -0.1) is 0 Å². The number of hydrogen-bond donors (Lipinski definition) is 0. The van der Waals surface area contributed by atoms with Gasteiger partial charge in [0.05, 0.1) is 17.3 Å². The molecule has 1 aliphatic rings. The maximum Gasteiger partial charge on any atom is 0.338 e. The summed E-state index contributed by atoms with van der Waals surface area (Å²) in [4.78, 5) is 25.9. The number of carbonyl (C=O) groups excluding carboxylic acids is 2. The van der Waals surface area contributed by atoms with Crippen molar-refractivity contribution in [2.75, 3.05) is 29.6 Å². The van der Waals surface area contributed by atoms with E-state index >= 15 is 0 Å². The lowest BCUT2D eigenvalue weighted by atomic mass is 10.2. The molecule has 2 aromatic carbocycles. The summed E-state index contributed by atoms with van der Waals surface area (Å²) >= 11 is 0. The second-order valence-corrected chi connectivity index (χ2v) is 6.30. The molecule has 2 aromatic rings. The Morgan fingerprint density at radius 1 is 1.18 bits per heavy atom. The van der Waals surface area contributed by atoms with E-state index in [2.05, 4.69) is 5.10 Å². The van der Waals surface area contributed by atoms with Gasteiger partial charge in [-0.1, -0.05) is 18.2 Å². The molecular formula is C21H20N4O3. The third kappa shape index (κ3) is 4.54. The smallest absolute Gasteiger partial charge is 0.338 e. The molecule has 0 aliphatic carbocycles. The molecule has 28 heavy (non-hydrogen) atoms. The molecule has 1 aliphatic heterocycles. The number of para-hydroxylation sites is 1. The first kappa shape index (κ1) is 19.1. The van der Waals surface area contributed by atoms with Gasteiger partial charge in [-0.3, -0.25) is 14.7 Å². The highest BCUT2D eigenvalue weighted by Crippen LogP contribution is 2.20. The topological polar surface area (TPSA) is 86.0 Å². The second-order valence-electron chi connectivity index (χ2n) is 6.30. The lowest BCUT2D eigenvalue weighted by molar-refractivity contribution is -0.121. The first-order chi connectivity index (χ1) is 13.6. The Bertz CT molecular complexity index is 917. The van der Waals surface area contributed by atoms with Gasteiger partial charge in [-0.25, -0.2) is 4.79 Å². The standard InChI is InChI=1S/C21H20N4O3/c1-16-11-13-25(23-16)19-9-7-17(8-10-19)21(27)28-15-20(26)24(14-12-22)18-5-3-2-4-6-18/h2-10H,11,13-15H2,1H3. The predicted molar refractivity (Wildman–Crippen MR) is 106 cm³/mol. The lowest BCUT2D eigenvalue weighted by Crippen LogP contribution is -2.35. The van der Waals surface area contributed by atoms with E-state index in [1.807, 2.05) is 24.1 Å². The molecule has 0 saturated carbocycles. The second kappa shape index (κ2) is 8.82. The number of benzene rings is 2. The van der Waals surface area contributed by atoms with Crippen molar-refractivity contribution in [3.63, 3.8) is 0 Å². The van der Waals surface area contributed by atoms with Crippen molar-refractivity contribution in [2.45, 2.75) is 13.3 Å². The van der Waals surface area contributed by atoms with E-state index in [9.17, 15) is 9.59 Å². The number of amides is 1. The van der Waals surface area contributed by atoms with Gasteiger partial charge in [0, 0.05) is 24.4 Å². The monoisotopic (exact) mass is 376 g/mol.